The zero-order chi connectivity index (χ0) is 20.7. The molecule has 0 unspecified atom stereocenters. The van der Waals surface area contributed by atoms with Crippen molar-refractivity contribution in [1.29, 1.82) is 0 Å². The largest absolute Gasteiger partial charge is 0.269 e. The number of hydrogen-bond acceptors (Lipinski definition) is 4. The molecule has 0 radical (unpaired) electrons. The molecule has 1 aliphatic rings. The van der Waals surface area contributed by atoms with Gasteiger partial charge >= 0.3 is 0 Å². The van der Waals surface area contributed by atoms with Crippen LogP contribution in [0, 0.1) is 5.82 Å². The van der Waals surface area contributed by atoms with E-state index in [0.29, 0.717) is 16.7 Å². The van der Waals surface area contributed by atoms with Gasteiger partial charge in [0.2, 0.25) is 0 Å². The van der Waals surface area contributed by atoms with Crippen LogP contribution in [-0.2, 0) is 0 Å². The second-order valence-corrected chi connectivity index (χ2v) is 9.36. The standard InChI is InChI=1S/C22H18BrFN4OS/c23-14-5-7-16(8-6-14)28-21(17-3-1-2-4-19(17)24)25-20-18(22(28)29)13-27(26-20)15-9-11-30-12-10-15/h1-8,13,15H,9-12H2. The molecule has 152 valence electrons. The third-order valence-corrected chi connectivity index (χ3v) is 6.91. The quantitative estimate of drug-likeness (QED) is 0.400. The summed E-state index contributed by atoms with van der Waals surface area (Å²) in [5.74, 6) is 1.98. The molecular formula is C22H18BrFN4OS. The van der Waals surface area contributed by atoms with Crippen LogP contribution in [0.5, 0.6) is 0 Å². The lowest BCUT2D eigenvalue weighted by Gasteiger charge is -2.21. The Balaban J connectivity index is 1.77. The van der Waals surface area contributed by atoms with Gasteiger partial charge in [0.1, 0.15) is 11.2 Å². The predicted octanol–water partition coefficient (Wildman–Crippen LogP) is 5.22. The number of thioether (sulfide) groups is 1. The van der Waals surface area contributed by atoms with Crippen LogP contribution < -0.4 is 5.56 Å². The Morgan fingerprint density at radius 3 is 2.53 bits per heavy atom. The number of benzene rings is 2. The van der Waals surface area contributed by atoms with Crippen molar-refractivity contribution in [3.05, 3.63) is 75.4 Å². The monoisotopic (exact) mass is 484 g/mol. The Hall–Kier alpha value is -2.45. The maximum Gasteiger partial charge on any atom is 0.269 e. The molecule has 0 saturated carbocycles. The number of hydrogen-bond donors (Lipinski definition) is 0. The van der Waals surface area contributed by atoms with E-state index in [1.165, 1.54) is 10.6 Å². The van der Waals surface area contributed by atoms with Crippen molar-refractivity contribution >= 4 is 38.7 Å². The first-order chi connectivity index (χ1) is 14.6. The van der Waals surface area contributed by atoms with Crippen molar-refractivity contribution < 1.29 is 4.39 Å². The maximum atomic E-state index is 14.7. The van der Waals surface area contributed by atoms with Crippen molar-refractivity contribution in [3.8, 4) is 17.1 Å². The maximum absolute atomic E-state index is 14.7. The molecule has 0 N–H and O–H groups in total. The van der Waals surface area contributed by atoms with E-state index in [1.807, 2.05) is 40.7 Å². The normalized spacial score (nSPS) is 15.0. The summed E-state index contributed by atoms with van der Waals surface area (Å²) in [6, 6.07) is 13.9. The summed E-state index contributed by atoms with van der Waals surface area (Å²) in [5, 5.41) is 5.06. The number of rotatable bonds is 3. The van der Waals surface area contributed by atoms with E-state index in [-0.39, 0.29) is 23.0 Å². The average Bonchev–Trinajstić information content (AvgIpc) is 3.20. The van der Waals surface area contributed by atoms with E-state index in [2.05, 4.69) is 26.0 Å². The molecule has 0 atom stereocenters. The molecule has 1 aliphatic heterocycles. The van der Waals surface area contributed by atoms with Gasteiger partial charge in [-0.1, -0.05) is 28.1 Å². The first-order valence-corrected chi connectivity index (χ1v) is 11.7. The molecule has 2 aromatic carbocycles. The molecule has 0 bridgehead atoms. The highest BCUT2D eigenvalue weighted by Crippen LogP contribution is 2.29. The highest BCUT2D eigenvalue weighted by atomic mass is 79.9. The topological polar surface area (TPSA) is 52.7 Å². The van der Waals surface area contributed by atoms with Gasteiger partial charge in [-0.15, -0.1) is 0 Å². The van der Waals surface area contributed by atoms with Gasteiger partial charge in [0.25, 0.3) is 5.56 Å². The third-order valence-electron chi connectivity index (χ3n) is 5.33. The molecule has 1 fully saturated rings. The Kier molecular flexibility index (Phi) is 5.20. The van der Waals surface area contributed by atoms with Crippen molar-refractivity contribution in [1.82, 2.24) is 19.3 Å². The van der Waals surface area contributed by atoms with Crippen molar-refractivity contribution in [2.75, 3.05) is 11.5 Å². The van der Waals surface area contributed by atoms with Gasteiger partial charge < -0.3 is 0 Å². The Morgan fingerprint density at radius 1 is 1.07 bits per heavy atom. The average molecular weight is 485 g/mol. The van der Waals surface area contributed by atoms with E-state index in [0.717, 1.165) is 28.8 Å². The van der Waals surface area contributed by atoms with Gasteiger partial charge in [-0.25, -0.2) is 9.37 Å². The molecule has 5 rings (SSSR count). The number of nitrogens with zero attached hydrogens (tertiary/aromatic N) is 4. The molecule has 4 aromatic rings. The first-order valence-electron chi connectivity index (χ1n) is 9.72. The van der Waals surface area contributed by atoms with Crippen LogP contribution in [0.25, 0.3) is 28.1 Å². The zero-order valence-corrected chi connectivity index (χ0v) is 18.4. The van der Waals surface area contributed by atoms with Crippen LogP contribution in [0.15, 0.2) is 64.0 Å². The van der Waals surface area contributed by atoms with Gasteiger partial charge in [-0.3, -0.25) is 14.0 Å². The molecule has 1 saturated heterocycles. The Morgan fingerprint density at radius 2 is 1.80 bits per heavy atom. The van der Waals surface area contributed by atoms with Gasteiger partial charge in [-0.05, 0) is 60.7 Å². The van der Waals surface area contributed by atoms with Crippen LogP contribution >= 0.6 is 27.7 Å². The highest BCUT2D eigenvalue weighted by Gasteiger charge is 2.22. The van der Waals surface area contributed by atoms with Crippen molar-refractivity contribution in [2.24, 2.45) is 0 Å². The minimum absolute atomic E-state index is 0.248. The van der Waals surface area contributed by atoms with E-state index in [4.69, 9.17) is 0 Å². The second kappa shape index (κ2) is 8.00. The molecule has 30 heavy (non-hydrogen) atoms. The van der Waals surface area contributed by atoms with Crippen molar-refractivity contribution in [3.63, 3.8) is 0 Å². The minimum atomic E-state index is -0.432. The molecule has 2 aromatic heterocycles. The van der Waals surface area contributed by atoms with E-state index in [1.54, 1.807) is 24.4 Å². The fourth-order valence-electron chi connectivity index (χ4n) is 3.77. The third kappa shape index (κ3) is 3.48. The van der Waals surface area contributed by atoms with Gasteiger partial charge in [0.15, 0.2) is 11.5 Å². The zero-order valence-electron chi connectivity index (χ0n) is 16.0. The van der Waals surface area contributed by atoms with Crippen molar-refractivity contribution in [2.45, 2.75) is 18.9 Å². The van der Waals surface area contributed by atoms with Crippen LogP contribution in [0.3, 0.4) is 0 Å². The first kappa shape index (κ1) is 19.5. The molecule has 0 spiro atoms. The summed E-state index contributed by atoms with van der Waals surface area (Å²) in [7, 11) is 0. The molecular weight excluding hydrogens is 467 g/mol. The Labute approximate surface area is 185 Å². The van der Waals surface area contributed by atoms with Crippen LogP contribution in [-0.4, -0.2) is 30.8 Å². The summed E-state index contributed by atoms with van der Waals surface area (Å²) < 4.78 is 18.9. The summed E-state index contributed by atoms with van der Waals surface area (Å²) in [6.45, 7) is 0. The number of halogens is 2. The minimum Gasteiger partial charge on any atom is -0.268 e. The van der Waals surface area contributed by atoms with Gasteiger partial charge in [0, 0.05) is 10.7 Å². The summed E-state index contributed by atoms with van der Waals surface area (Å²) in [5.41, 5.74) is 0.988. The van der Waals surface area contributed by atoms with Crippen LogP contribution in [0.4, 0.5) is 4.39 Å². The summed E-state index contributed by atoms with van der Waals surface area (Å²) in [6.07, 6.45) is 3.82. The molecule has 0 aliphatic carbocycles. The smallest absolute Gasteiger partial charge is 0.268 e. The fourth-order valence-corrected chi connectivity index (χ4v) is 5.12. The molecule has 3 heterocycles. The second-order valence-electron chi connectivity index (χ2n) is 7.22. The molecule has 8 heteroatoms. The lowest BCUT2D eigenvalue weighted by Crippen LogP contribution is -2.21. The number of aromatic nitrogens is 4. The van der Waals surface area contributed by atoms with E-state index >= 15 is 0 Å². The van der Waals surface area contributed by atoms with Gasteiger partial charge in [0.05, 0.1) is 17.3 Å². The van der Waals surface area contributed by atoms with Crippen LogP contribution in [0.1, 0.15) is 18.9 Å². The molecule has 0 amide bonds. The lowest BCUT2D eigenvalue weighted by atomic mass is 10.1. The lowest BCUT2D eigenvalue weighted by molar-refractivity contribution is 0.429. The van der Waals surface area contributed by atoms with E-state index < -0.39 is 5.82 Å². The number of fused-ring (bicyclic) bond motifs is 1. The Bertz CT molecular complexity index is 1280. The van der Waals surface area contributed by atoms with Gasteiger partial charge in [-0.2, -0.15) is 16.9 Å². The summed E-state index contributed by atoms with van der Waals surface area (Å²) >= 11 is 5.36. The highest BCUT2D eigenvalue weighted by molar-refractivity contribution is 9.10. The summed E-state index contributed by atoms with van der Waals surface area (Å²) in [4.78, 5) is 18.2. The SMILES string of the molecule is O=c1c2cn(C3CCSCC3)nc2nc(-c2ccccc2F)n1-c1ccc(Br)cc1. The molecule has 5 nitrogen and oxygen atoms in total. The van der Waals surface area contributed by atoms with Crippen LogP contribution in [0.2, 0.25) is 0 Å². The predicted molar refractivity (Wildman–Crippen MR) is 122 cm³/mol. The fraction of sp³-hybridized carbons (Fsp3) is 0.227. The van der Waals surface area contributed by atoms with E-state index in [9.17, 15) is 9.18 Å².